The number of imidazole rings is 1. The topological polar surface area (TPSA) is 219 Å². The third-order valence-electron chi connectivity index (χ3n) is 13.3. The van der Waals surface area contributed by atoms with Gasteiger partial charge in [-0.1, -0.05) is 72.8 Å². The molecule has 0 fully saturated rings. The normalized spacial score (nSPS) is 12.2. The minimum absolute atomic E-state index is 0.139. The summed E-state index contributed by atoms with van der Waals surface area (Å²) in [4.78, 5) is 77.5. The number of carbonyl (C=O) groups is 4. The molecule has 428 valence electrons. The van der Waals surface area contributed by atoms with Crippen molar-refractivity contribution in [2.24, 2.45) is 0 Å². The number of carbonyl (C=O) groups excluding carboxylic acids is 4. The van der Waals surface area contributed by atoms with E-state index in [1.165, 1.54) is 0 Å². The van der Waals surface area contributed by atoms with Crippen molar-refractivity contribution in [3.05, 3.63) is 163 Å². The number of hydrogen-bond acceptors (Lipinski definition) is 10. The summed E-state index contributed by atoms with van der Waals surface area (Å²) in [7, 11) is 0. The number of anilines is 4. The number of aryl methyl sites for hydroxylation is 1. The van der Waals surface area contributed by atoms with Crippen LogP contribution in [-0.4, -0.2) is 70.5 Å². The van der Waals surface area contributed by atoms with Crippen LogP contribution < -0.4 is 21.3 Å². The maximum atomic E-state index is 13.9. The van der Waals surface area contributed by atoms with Gasteiger partial charge in [0.2, 0.25) is 5.91 Å². The van der Waals surface area contributed by atoms with Crippen molar-refractivity contribution < 1.29 is 33.4 Å². The van der Waals surface area contributed by atoms with Crippen LogP contribution in [0, 0.1) is 0 Å². The third kappa shape index (κ3) is 13.6. The molecule has 0 spiro atoms. The van der Waals surface area contributed by atoms with Gasteiger partial charge in [0, 0.05) is 97.6 Å². The molecule has 84 heavy (non-hydrogen) atoms. The highest BCUT2D eigenvalue weighted by molar-refractivity contribution is 6.07. The van der Waals surface area contributed by atoms with Crippen molar-refractivity contribution in [2.45, 2.75) is 105 Å². The summed E-state index contributed by atoms with van der Waals surface area (Å²) in [6.45, 7) is 17.0. The lowest BCUT2D eigenvalue weighted by atomic mass is 10.0. The maximum Gasteiger partial charge on any atom is 0.412 e. The van der Waals surface area contributed by atoms with Gasteiger partial charge in [-0.15, -0.1) is 0 Å². The lowest BCUT2D eigenvalue weighted by Gasteiger charge is -2.20. The first-order valence-corrected chi connectivity index (χ1v) is 27.9. The average molecular weight is 1130 g/mol. The minimum Gasteiger partial charge on any atom is -0.444 e. The van der Waals surface area contributed by atoms with E-state index in [4.69, 9.17) is 24.2 Å². The number of ether oxygens (including phenoxy) is 3. The predicted molar refractivity (Wildman–Crippen MR) is 335 cm³/mol. The number of fused-ring (bicyclic) bond motifs is 8. The van der Waals surface area contributed by atoms with Crippen molar-refractivity contribution >= 4 is 93.3 Å². The second-order valence-corrected chi connectivity index (χ2v) is 23.4. The molecular formula is C67H68N10O7. The molecule has 8 bridgehead atoms. The van der Waals surface area contributed by atoms with Crippen molar-refractivity contribution in [2.75, 3.05) is 21.3 Å². The number of nitrogens with zero attached hydrogens (tertiary/aromatic N) is 4. The summed E-state index contributed by atoms with van der Waals surface area (Å²) < 4.78 is 19.3. The van der Waals surface area contributed by atoms with Crippen LogP contribution >= 0.6 is 0 Å². The fraction of sp³-hybridized carbons (Fsp3) is 0.239. The van der Waals surface area contributed by atoms with E-state index in [2.05, 4.69) is 36.2 Å². The van der Waals surface area contributed by atoms with Gasteiger partial charge in [0.05, 0.1) is 46.2 Å². The molecule has 0 radical (unpaired) electrons. The lowest BCUT2D eigenvalue weighted by molar-refractivity contribution is -0.116. The summed E-state index contributed by atoms with van der Waals surface area (Å²) in [6.07, 6.45) is 13.0. The smallest absolute Gasteiger partial charge is 0.412 e. The molecule has 2 aliphatic rings. The molecule has 4 aromatic carbocycles. The standard InChI is InChI=1S/C67H68N10O7/c1-65(2,3)82-62(79)74-46-25-15-11-21-42(46)59-51-31-29-49(69-51)58(41-20-10-14-24-45(41)73-57(78)28-18-19-38-77-39-37-68-40-77)50-30-32-52(70-50)60(43-22-12-16-26-47(43)75-63(80)83-66(4,5)6)54-34-36-56(72-54)61(55-35-33-53(59)71-55)44-23-13-17-27-48(44)76-64(81)84-67(7,8)9/h10-17,20-27,29-37,39-40,69,72H,18-19,28,38H2,1-9H3,(H,73,78)(H,74,79)(H,75,80)(H,76,81). The monoisotopic (exact) mass is 1120 g/mol. The number of benzene rings is 4. The van der Waals surface area contributed by atoms with Crippen molar-refractivity contribution in [3.63, 3.8) is 0 Å². The van der Waals surface area contributed by atoms with Gasteiger partial charge in [0.25, 0.3) is 0 Å². The number of aromatic nitrogens is 6. The summed E-state index contributed by atoms with van der Waals surface area (Å²) in [6, 6.07) is 37.9. The highest BCUT2D eigenvalue weighted by Crippen LogP contribution is 2.43. The zero-order valence-corrected chi connectivity index (χ0v) is 48.6. The van der Waals surface area contributed by atoms with Gasteiger partial charge >= 0.3 is 18.3 Å². The van der Waals surface area contributed by atoms with Crippen molar-refractivity contribution in [3.8, 4) is 44.5 Å². The number of amides is 4. The van der Waals surface area contributed by atoms with E-state index in [1.807, 2.05) is 198 Å². The van der Waals surface area contributed by atoms with Crippen LogP contribution in [0.4, 0.5) is 37.1 Å². The van der Waals surface area contributed by atoms with Gasteiger partial charge in [0.1, 0.15) is 16.8 Å². The van der Waals surface area contributed by atoms with E-state index < -0.39 is 35.1 Å². The van der Waals surface area contributed by atoms with E-state index >= 15 is 0 Å². The van der Waals surface area contributed by atoms with Gasteiger partial charge in [-0.2, -0.15) is 0 Å². The summed E-state index contributed by atoms with van der Waals surface area (Å²) in [5.41, 5.74) is 9.50. The molecule has 0 aliphatic carbocycles. The number of rotatable bonds is 13. The zero-order valence-electron chi connectivity index (χ0n) is 48.6. The molecular weight excluding hydrogens is 1060 g/mol. The van der Waals surface area contributed by atoms with E-state index in [0.717, 1.165) is 13.0 Å². The van der Waals surface area contributed by atoms with Crippen LogP contribution in [0.2, 0.25) is 0 Å². The maximum absolute atomic E-state index is 13.9. The molecule has 6 heterocycles. The third-order valence-corrected chi connectivity index (χ3v) is 13.3. The highest BCUT2D eigenvalue weighted by Gasteiger charge is 2.26. The largest absolute Gasteiger partial charge is 0.444 e. The summed E-state index contributed by atoms with van der Waals surface area (Å²) in [5, 5.41) is 12.3. The Kier molecular flexibility index (Phi) is 16.2. The predicted octanol–water partition coefficient (Wildman–Crippen LogP) is 16.4. The fourth-order valence-corrected chi connectivity index (χ4v) is 10.0. The van der Waals surface area contributed by atoms with Crippen molar-refractivity contribution in [1.29, 1.82) is 0 Å². The molecule has 17 heteroatoms. The first-order valence-electron chi connectivity index (χ1n) is 27.9. The number of nitrogens with one attached hydrogen (secondary N) is 6. The Morgan fingerprint density at radius 1 is 0.440 bits per heavy atom. The van der Waals surface area contributed by atoms with Crippen LogP contribution in [-0.2, 0) is 25.5 Å². The molecule has 2 aliphatic heterocycles. The molecule has 0 saturated carbocycles. The summed E-state index contributed by atoms with van der Waals surface area (Å²) in [5.74, 6) is -0.139. The number of aromatic amines is 2. The van der Waals surface area contributed by atoms with Crippen LogP contribution in [0.5, 0.6) is 0 Å². The van der Waals surface area contributed by atoms with Crippen molar-refractivity contribution in [1.82, 2.24) is 29.5 Å². The van der Waals surface area contributed by atoms with E-state index in [0.29, 0.717) is 125 Å². The van der Waals surface area contributed by atoms with Crippen LogP contribution in [0.1, 0.15) is 104 Å². The first-order chi connectivity index (χ1) is 40.1. The molecule has 0 atom stereocenters. The Morgan fingerprint density at radius 3 is 1.07 bits per heavy atom. The van der Waals surface area contributed by atoms with Gasteiger partial charge in [0.15, 0.2) is 0 Å². The number of para-hydroxylation sites is 4. The number of unbranched alkanes of at least 4 members (excludes halogenated alkanes) is 1. The van der Waals surface area contributed by atoms with Crippen LogP contribution in [0.25, 0.3) is 90.9 Å². The average Bonchev–Trinajstić information content (AvgIpc) is 2.10. The quantitative estimate of drug-likeness (QED) is 0.0474. The fourth-order valence-electron chi connectivity index (χ4n) is 10.0. The van der Waals surface area contributed by atoms with Gasteiger partial charge in [-0.05, 0) is 148 Å². The molecule has 8 aromatic rings. The van der Waals surface area contributed by atoms with E-state index in [1.54, 1.807) is 33.3 Å². The molecule has 4 aromatic heterocycles. The Morgan fingerprint density at radius 2 is 0.762 bits per heavy atom. The molecule has 6 N–H and O–H groups in total. The Bertz CT molecular complexity index is 3980. The van der Waals surface area contributed by atoms with Crippen LogP contribution in [0.3, 0.4) is 0 Å². The Balaban J connectivity index is 1.27. The zero-order chi connectivity index (χ0) is 59.3. The second kappa shape index (κ2) is 23.8. The summed E-state index contributed by atoms with van der Waals surface area (Å²) >= 11 is 0. The van der Waals surface area contributed by atoms with E-state index in [9.17, 15) is 19.2 Å². The Hall–Kier alpha value is -10.0. The van der Waals surface area contributed by atoms with E-state index in [-0.39, 0.29) is 5.91 Å². The molecule has 0 saturated heterocycles. The Labute approximate surface area is 487 Å². The number of H-pyrrole nitrogens is 2. The first kappa shape index (κ1) is 57.2. The highest BCUT2D eigenvalue weighted by atomic mass is 16.6. The van der Waals surface area contributed by atoms with Crippen LogP contribution in [0.15, 0.2) is 140 Å². The molecule has 0 unspecified atom stereocenters. The van der Waals surface area contributed by atoms with Gasteiger partial charge < -0.3 is 34.1 Å². The van der Waals surface area contributed by atoms with Gasteiger partial charge in [-0.25, -0.2) is 29.3 Å². The molecule has 17 nitrogen and oxygen atoms in total. The van der Waals surface area contributed by atoms with Gasteiger partial charge in [-0.3, -0.25) is 20.7 Å². The SMILES string of the molecule is CC(C)(C)OC(=O)Nc1ccccc1-c1c2nc(c(-c3ccccc3NC(=O)OC(C)(C)C)c3ccc([nH]3)c(-c3ccccc3NC(=O)OC(C)(C)C)c3nc(c(-c4ccccc4NC(=O)CCCCn4ccnc4)c4ccc1[nH]4)C=C3)C=C2. The molecule has 10 rings (SSSR count). The number of hydrogen-bond donors (Lipinski definition) is 6. The minimum atomic E-state index is -0.779. The molecule has 4 amide bonds. The second-order valence-electron chi connectivity index (χ2n) is 23.4. The lowest BCUT2D eigenvalue weighted by Crippen LogP contribution is -2.27.